The van der Waals surface area contributed by atoms with Gasteiger partial charge in [-0.15, -0.1) is 0 Å². The van der Waals surface area contributed by atoms with Crippen molar-refractivity contribution in [2.24, 2.45) is 16.4 Å². The Hall–Kier alpha value is -1.64. The minimum atomic E-state index is 0.100. The smallest absolute Gasteiger partial charge is 0.243 e. The lowest BCUT2D eigenvalue weighted by molar-refractivity contribution is -0.123. The highest BCUT2D eigenvalue weighted by Crippen LogP contribution is 2.65. The number of hydrogen-bond donors (Lipinski definition) is 1. The van der Waals surface area contributed by atoms with Gasteiger partial charge in [0.1, 0.15) is 0 Å². The molecule has 1 amide bonds. The predicted molar refractivity (Wildman–Crippen MR) is 80.8 cm³/mol. The SMILES string of the molecule is Cc1cc(C)c(/C=N\NC(=O)[C@H]2CC23CCC3)c(C)c1. The molecule has 3 rings (SSSR count). The molecule has 3 nitrogen and oxygen atoms in total. The van der Waals surface area contributed by atoms with Crippen molar-refractivity contribution in [3.05, 3.63) is 34.4 Å². The van der Waals surface area contributed by atoms with Crippen LogP contribution in [0.1, 0.15) is 47.9 Å². The molecular formula is C17H22N2O. The van der Waals surface area contributed by atoms with Crippen molar-refractivity contribution in [2.75, 3.05) is 0 Å². The van der Waals surface area contributed by atoms with Crippen LogP contribution in [0.25, 0.3) is 0 Å². The van der Waals surface area contributed by atoms with Crippen LogP contribution in [0.5, 0.6) is 0 Å². The molecular weight excluding hydrogens is 248 g/mol. The van der Waals surface area contributed by atoms with Crippen LogP contribution in [0, 0.1) is 32.1 Å². The van der Waals surface area contributed by atoms with Gasteiger partial charge < -0.3 is 0 Å². The van der Waals surface area contributed by atoms with E-state index < -0.39 is 0 Å². The number of carbonyl (C=O) groups excluding carboxylic acids is 1. The van der Waals surface area contributed by atoms with E-state index in [1.54, 1.807) is 6.21 Å². The molecule has 106 valence electrons. The molecule has 0 heterocycles. The molecule has 1 atom stereocenters. The van der Waals surface area contributed by atoms with Crippen molar-refractivity contribution in [3.8, 4) is 0 Å². The first-order valence-electron chi connectivity index (χ1n) is 7.43. The molecule has 1 spiro atoms. The summed E-state index contributed by atoms with van der Waals surface area (Å²) in [4.78, 5) is 12.0. The van der Waals surface area contributed by atoms with Gasteiger partial charge in [0, 0.05) is 11.5 Å². The van der Waals surface area contributed by atoms with Gasteiger partial charge >= 0.3 is 0 Å². The first kappa shape index (κ1) is 13.3. The Labute approximate surface area is 120 Å². The van der Waals surface area contributed by atoms with E-state index in [2.05, 4.69) is 43.4 Å². The monoisotopic (exact) mass is 270 g/mol. The molecule has 1 aromatic carbocycles. The normalized spacial score (nSPS) is 22.9. The van der Waals surface area contributed by atoms with E-state index in [4.69, 9.17) is 0 Å². The van der Waals surface area contributed by atoms with Gasteiger partial charge in [-0.1, -0.05) is 24.1 Å². The van der Waals surface area contributed by atoms with E-state index in [-0.39, 0.29) is 11.8 Å². The van der Waals surface area contributed by atoms with Crippen molar-refractivity contribution < 1.29 is 4.79 Å². The Kier molecular flexibility index (Phi) is 3.15. The third-order valence-corrected chi connectivity index (χ3v) is 4.96. The van der Waals surface area contributed by atoms with Crippen molar-refractivity contribution in [2.45, 2.75) is 46.5 Å². The maximum absolute atomic E-state index is 12.0. The van der Waals surface area contributed by atoms with Crippen LogP contribution in [0.3, 0.4) is 0 Å². The van der Waals surface area contributed by atoms with E-state index in [0.29, 0.717) is 5.41 Å². The zero-order valence-corrected chi connectivity index (χ0v) is 12.5. The van der Waals surface area contributed by atoms with Gasteiger partial charge in [0.05, 0.1) is 6.21 Å². The van der Waals surface area contributed by atoms with Crippen LogP contribution in [0.2, 0.25) is 0 Å². The fourth-order valence-corrected chi connectivity index (χ4v) is 3.54. The summed E-state index contributed by atoms with van der Waals surface area (Å²) in [5, 5.41) is 4.15. The zero-order chi connectivity index (χ0) is 14.3. The average Bonchev–Trinajstić information content (AvgIpc) is 3.07. The molecule has 2 fully saturated rings. The molecule has 1 aromatic rings. The summed E-state index contributed by atoms with van der Waals surface area (Å²) < 4.78 is 0. The molecule has 2 saturated carbocycles. The number of nitrogens with zero attached hydrogens (tertiary/aromatic N) is 1. The van der Waals surface area contributed by atoms with Gasteiger partial charge in [0.25, 0.3) is 0 Å². The van der Waals surface area contributed by atoms with E-state index >= 15 is 0 Å². The van der Waals surface area contributed by atoms with Gasteiger partial charge in [-0.2, -0.15) is 5.10 Å². The minimum Gasteiger partial charge on any atom is -0.273 e. The van der Waals surface area contributed by atoms with Crippen LogP contribution in [0.4, 0.5) is 0 Å². The Morgan fingerprint density at radius 1 is 1.30 bits per heavy atom. The number of rotatable bonds is 3. The molecule has 20 heavy (non-hydrogen) atoms. The third kappa shape index (κ3) is 2.26. The van der Waals surface area contributed by atoms with Crippen LogP contribution in [-0.2, 0) is 4.79 Å². The number of amides is 1. The van der Waals surface area contributed by atoms with Crippen molar-refractivity contribution in [1.29, 1.82) is 0 Å². The number of hydrazone groups is 1. The van der Waals surface area contributed by atoms with Gasteiger partial charge in [0.15, 0.2) is 0 Å². The van der Waals surface area contributed by atoms with E-state index in [1.807, 2.05) is 0 Å². The number of carbonyl (C=O) groups is 1. The topological polar surface area (TPSA) is 41.5 Å². The van der Waals surface area contributed by atoms with Gasteiger partial charge in [0.2, 0.25) is 5.91 Å². The van der Waals surface area contributed by atoms with Gasteiger partial charge in [-0.25, -0.2) is 5.43 Å². The molecule has 0 bridgehead atoms. The molecule has 0 saturated heterocycles. The number of benzene rings is 1. The van der Waals surface area contributed by atoms with Crippen molar-refractivity contribution in [1.82, 2.24) is 5.43 Å². The lowest BCUT2D eigenvalue weighted by Gasteiger charge is -2.25. The lowest BCUT2D eigenvalue weighted by atomic mass is 9.80. The summed E-state index contributed by atoms with van der Waals surface area (Å²) in [6, 6.07) is 4.28. The molecule has 0 unspecified atom stereocenters. The Morgan fingerprint density at radius 2 is 1.95 bits per heavy atom. The number of aryl methyl sites for hydroxylation is 3. The summed E-state index contributed by atoms with van der Waals surface area (Å²) in [6.45, 7) is 6.24. The quantitative estimate of drug-likeness (QED) is 0.665. The Balaban J connectivity index is 1.62. The van der Waals surface area contributed by atoms with Gasteiger partial charge in [-0.05, 0) is 56.6 Å². The van der Waals surface area contributed by atoms with Crippen molar-refractivity contribution in [3.63, 3.8) is 0 Å². The molecule has 3 heteroatoms. The number of hydrogen-bond acceptors (Lipinski definition) is 2. The minimum absolute atomic E-state index is 0.100. The fourth-order valence-electron chi connectivity index (χ4n) is 3.54. The molecule has 0 aromatic heterocycles. The molecule has 0 aliphatic heterocycles. The Bertz CT molecular complexity index is 562. The second-order valence-electron chi connectivity index (χ2n) is 6.52. The van der Waals surface area contributed by atoms with Crippen LogP contribution < -0.4 is 5.43 Å². The van der Waals surface area contributed by atoms with Crippen molar-refractivity contribution >= 4 is 12.1 Å². The summed E-state index contributed by atoms with van der Waals surface area (Å²) in [6.07, 6.45) is 6.58. The Morgan fingerprint density at radius 3 is 2.45 bits per heavy atom. The summed E-state index contributed by atoms with van der Waals surface area (Å²) in [5.41, 5.74) is 7.84. The summed E-state index contributed by atoms with van der Waals surface area (Å²) in [5.74, 6) is 0.317. The molecule has 2 aliphatic rings. The highest BCUT2D eigenvalue weighted by Gasteiger charge is 2.60. The van der Waals surface area contributed by atoms with Crippen LogP contribution >= 0.6 is 0 Å². The average molecular weight is 270 g/mol. The standard InChI is InChI=1S/C17H22N2O/c1-11-7-12(2)14(13(3)8-11)10-18-19-16(20)15-9-17(15)5-4-6-17/h7-8,10,15H,4-6,9H2,1-3H3,(H,19,20)/b18-10-/t15-/m1/s1. The molecule has 0 radical (unpaired) electrons. The molecule has 1 N–H and O–H groups in total. The largest absolute Gasteiger partial charge is 0.273 e. The summed E-state index contributed by atoms with van der Waals surface area (Å²) >= 11 is 0. The first-order chi connectivity index (χ1) is 9.52. The van der Waals surface area contributed by atoms with E-state index in [9.17, 15) is 4.79 Å². The number of nitrogens with one attached hydrogen (secondary N) is 1. The second kappa shape index (κ2) is 4.72. The van der Waals surface area contributed by atoms with Crippen LogP contribution in [-0.4, -0.2) is 12.1 Å². The zero-order valence-electron chi connectivity index (χ0n) is 12.5. The predicted octanol–water partition coefficient (Wildman–Crippen LogP) is 3.25. The van der Waals surface area contributed by atoms with E-state index in [1.165, 1.54) is 36.0 Å². The third-order valence-electron chi connectivity index (χ3n) is 4.96. The second-order valence-corrected chi connectivity index (χ2v) is 6.52. The molecule has 2 aliphatic carbocycles. The maximum Gasteiger partial charge on any atom is 0.243 e. The van der Waals surface area contributed by atoms with Gasteiger partial charge in [-0.3, -0.25) is 4.79 Å². The highest BCUT2D eigenvalue weighted by molar-refractivity contribution is 5.87. The maximum atomic E-state index is 12.0. The van der Waals surface area contributed by atoms with Crippen LogP contribution in [0.15, 0.2) is 17.2 Å². The van der Waals surface area contributed by atoms with E-state index in [0.717, 1.165) is 12.0 Å². The summed E-state index contributed by atoms with van der Waals surface area (Å²) in [7, 11) is 0. The first-order valence-corrected chi connectivity index (χ1v) is 7.43. The lowest BCUT2D eigenvalue weighted by Crippen LogP contribution is -2.26. The fraction of sp³-hybridized carbons (Fsp3) is 0.529. The highest BCUT2D eigenvalue weighted by atomic mass is 16.2.